The van der Waals surface area contributed by atoms with Crippen LogP contribution in [0.4, 0.5) is 5.82 Å². The number of benzene rings is 1. The molecule has 2 aromatic heterocycles. The standard InChI is InChI=1S/C12H12N4S/c13-10-8-16-12(14-10)17-11(15-16)7-6-9-4-2-1-3-5-9/h1-5,8H,6-7,13H2. The quantitative estimate of drug-likeness (QED) is 0.768. The van der Waals surface area contributed by atoms with Gasteiger partial charge < -0.3 is 5.73 Å². The number of imidazole rings is 1. The molecule has 0 amide bonds. The van der Waals surface area contributed by atoms with Crippen molar-refractivity contribution in [3.63, 3.8) is 0 Å². The van der Waals surface area contributed by atoms with E-state index < -0.39 is 0 Å². The predicted molar refractivity (Wildman–Crippen MR) is 69.1 cm³/mol. The van der Waals surface area contributed by atoms with Crippen LogP contribution in [0.3, 0.4) is 0 Å². The number of nitrogen functional groups attached to an aromatic ring is 1. The van der Waals surface area contributed by atoms with Gasteiger partial charge in [-0.05, 0) is 12.0 Å². The SMILES string of the molecule is Nc1cn2nc(CCc3ccccc3)sc2n1. The summed E-state index contributed by atoms with van der Waals surface area (Å²) in [4.78, 5) is 5.05. The summed E-state index contributed by atoms with van der Waals surface area (Å²) in [5, 5.41) is 5.54. The topological polar surface area (TPSA) is 56.2 Å². The van der Waals surface area contributed by atoms with Crippen LogP contribution in [0.15, 0.2) is 36.5 Å². The molecule has 0 atom stereocenters. The van der Waals surface area contributed by atoms with Gasteiger partial charge in [-0.15, -0.1) is 0 Å². The molecule has 3 rings (SSSR count). The zero-order valence-corrected chi connectivity index (χ0v) is 10.0. The van der Waals surface area contributed by atoms with Crippen LogP contribution in [-0.4, -0.2) is 14.6 Å². The van der Waals surface area contributed by atoms with Crippen LogP contribution in [0.2, 0.25) is 0 Å². The smallest absolute Gasteiger partial charge is 0.214 e. The molecule has 0 spiro atoms. The van der Waals surface area contributed by atoms with Gasteiger partial charge in [-0.3, -0.25) is 0 Å². The zero-order chi connectivity index (χ0) is 11.7. The van der Waals surface area contributed by atoms with Crippen LogP contribution in [0.25, 0.3) is 4.96 Å². The minimum absolute atomic E-state index is 0.526. The van der Waals surface area contributed by atoms with E-state index in [0.29, 0.717) is 5.82 Å². The van der Waals surface area contributed by atoms with E-state index in [1.165, 1.54) is 5.56 Å². The van der Waals surface area contributed by atoms with Crippen molar-refractivity contribution in [2.45, 2.75) is 12.8 Å². The van der Waals surface area contributed by atoms with Crippen LogP contribution in [-0.2, 0) is 12.8 Å². The summed E-state index contributed by atoms with van der Waals surface area (Å²) in [6, 6.07) is 10.4. The molecule has 5 heteroatoms. The van der Waals surface area contributed by atoms with E-state index in [1.807, 2.05) is 6.07 Å². The average molecular weight is 244 g/mol. The number of aryl methyl sites for hydroxylation is 2. The van der Waals surface area contributed by atoms with Gasteiger partial charge in [-0.25, -0.2) is 9.50 Å². The van der Waals surface area contributed by atoms with E-state index in [2.05, 4.69) is 34.3 Å². The molecule has 0 bridgehead atoms. The molecule has 0 aliphatic carbocycles. The molecule has 86 valence electrons. The van der Waals surface area contributed by atoms with E-state index in [0.717, 1.165) is 22.8 Å². The van der Waals surface area contributed by atoms with Crippen molar-refractivity contribution in [3.05, 3.63) is 47.1 Å². The second-order valence-electron chi connectivity index (χ2n) is 3.87. The monoisotopic (exact) mass is 244 g/mol. The molecular formula is C12H12N4S. The Labute approximate surface area is 103 Å². The third-order valence-corrected chi connectivity index (χ3v) is 3.56. The van der Waals surface area contributed by atoms with Crippen molar-refractivity contribution < 1.29 is 0 Å². The Hall–Kier alpha value is -1.88. The van der Waals surface area contributed by atoms with Gasteiger partial charge in [0.25, 0.3) is 0 Å². The van der Waals surface area contributed by atoms with E-state index in [9.17, 15) is 0 Å². The van der Waals surface area contributed by atoms with E-state index in [-0.39, 0.29) is 0 Å². The van der Waals surface area contributed by atoms with Crippen LogP contribution < -0.4 is 5.73 Å². The Morgan fingerprint density at radius 3 is 2.76 bits per heavy atom. The molecule has 0 fully saturated rings. The molecule has 1 aromatic carbocycles. The summed E-state index contributed by atoms with van der Waals surface area (Å²) in [5.41, 5.74) is 6.92. The van der Waals surface area contributed by atoms with Gasteiger partial charge in [-0.2, -0.15) is 5.10 Å². The molecule has 0 aliphatic heterocycles. The lowest BCUT2D eigenvalue weighted by Crippen LogP contribution is -1.92. The van der Waals surface area contributed by atoms with Crippen molar-refractivity contribution in [2.75, 3.05) is 5.73 Å². The minimum atomic E-state index is 0.526. The van der Waals surface area contributed by atoms with Gasteiger partial charge in [-0.1, -0.05) is 41.7 Å². The Morgan fingerprint density at radius 2 is 2.00 bits per heavy atom. The molecule has 2 N–H and O–H groups in total. The predicted octanol–water partition coefficient (Wildman–Crippen LogP) is 2.16. The number of nitrogens with zero attached hydrogens (tertiary/aromatic N) is 3. The lowest BCUT2D eigenvalue weighted by molar-refractivity contribution is 0.866. The third-order valence-electron chi connectivity index (χ3n) is 2.57. The number of fused-ring (bicyclic) bond motifs is 1. The highest BCUT2D eigenvalue weighted by Crippen LogP contribution is 2.17. The normalized spacial score (nSPS) is 11.1. The van der Waals surface area contributed by atoms with Crippen LogP contribution >= 0.6 is 11.3 Å². The van der Waals surface area contributed by atoms with Gasteiger partial charge in [0.2, 0.25) is 4.96 Å². The second-order valence-corrected chi connectivity index (χ2v) is 4.91. The second kappa shape index (κ2) is 4.18. The first-order chi connectivity index (χ1) is 8.31. The molecule has 0 radical (unpaired) electrons. The van der Waals surface area contributed by atoms with Crippen molar-refractivity contribution in [1.29, 1.82) is 0 Å². The average Bonchev–Trinajstić information content (AvgIpc) is 2.84. The summed E-state index contributed by atoms with van der Waals surface area (Å²) >= 11 is 1.60. The largest absolute Gasteiger partial charge is 0.382 e. The fourth-order valence-corrected chi connectivity index (χ4v) is 2.64. The maximum absolute atomic E-state index is 5.58. The summed E-state index contributed by atoms with van der Waals surface area (Å²) in [7, 11) is 0. The highest BCUT2D eigenvalue weighted by atomic mass is 32.1. The summed E-state index contributed by atoms with van der Waals surface area (Å²) in [6.45, 7) is 0. The summed E-state index contributed by atoms with van der Waals surface area (Å²) in [6.07, 6.45) is 3.70. The number of rotatable bonds is 3. The van der Waals surface area contributed by atoms with Crippen molar-refractivity contribution in [2.24, 2.45) is 0 Å². The third kappa shape index (κ3) is 2.14. The van der Waals surface area contributed by atoms with E-state index in [1.54, 1.807) is 22.0 Å². The number of anilines is 1. The first-order valence-electron chi connectivity index (χ1n) is 5.46. The Morgan fingerprint density at radius 1 is 1.18 bits per heavy atom. The first kappa shape index (κ1) is 10.3. The Balaban J connectivity index is 1.75. The van der Waals surface area contributed by atoms with Gasteiger partial charge >= 0.3 is 0 Å². The molecule has 0 aliphatic rings. The lowest BCUT2D eigenvalue weighted by Gasteiger charge is -1.97. The summed E-state index contributed by atoms with van der Waals surface area (Å²) in [5.74, 6) is 0.526. The van der Waals surface area contributed by atoms with Crippen LogP contribution in [0.1, 0.15) is 10.6 Å². The maximum atomic E-state index is 5.58. The summed E-state index contributed by atoms with van der Waals surface area (Å²) < 4.78 is 1.75. The van der Waals surface area contributed by atoms with E-state index in [4.69, 9.17) is 5.73 Å². The highest BCUT2D eigenvalue weighted by molar-refractivity contribution is 7.16. The first-order valence-corrected chi connectivity index (χ1v) is 6.27. The maximum Gasteiger partial charge on any atom is 0.214 e. The van der Waals surface area contributed by atoms with Crippen LogP contribution in [0, 0.1) is 0 Å². The van der Waals surface area contributed by atoms with Gasteiger partial charge in [0.1, 0.15) is 10.8 Å². The van der Waals surface area contributed by atoms with Crippen LogP contribution in [0.5, 0.6) is 0 Å². The number of aromatic nitrogens is 3. The molecule has 0 saturated heterocycles. The molecular weight excluding hydrogens is 232 g/mol. The molecule has 3 aromatic rings. The fourth-order valence-electron chi connectivity index (χ4n) is 1.76. The Bertz CT molecular complexity index is 595. The van der Waals surface area contributed by atoms with Crippen molar-refractivity contribution >= 4 is 22.1 Å². The Kier molecular flexibility index (Phi) is 2.53. The van der Waals surface area contributed by atoms with Crippen molar-refractivity contribution in [3.8, 4) is 0 Å². The van der Waals surface area contributed by atoms with E-state index >= 15 is 0 Å². The number of nitrogens with two attached hydrogens (primary N) is 1. The molecule has 0 unspecified atom stereocenters. The minimum Gasteiger partial charge on any atom is -0.382 e. The highest BCUT2D eigenvalue weighted by Gasteiger charge is 2.06. The van der Waals surface area contributed by atoms with Gasteiger partial charge in [0.05, 0.1) is 6.20 Å². The molecule has 17 heavy (non-hydrogen) atoms. The fraction of sp³-hybridized carbons (Fsp3) is 0.167. The number of hydrogen-bond donors (Lipinski definition) is 1. The van der Waals surface area contributed by atoms with Gasteiger partial charge in [0.15, 0.2) is 0 Å². The molecule has 2 heterocycles. The number of hydrogen-bond acceptors (Lipinski definition) is 4. The molecule has 0 saturated carbocycles. The zero-order valence-electron chi connectivity index (χ0n) is 9.21. The van der Waals surface area contributed by atoms with Gasteiger partial charge in [0, 0.05) is 6.42 Å². The lowest BCUT2D eigenvalue weighted by atomic mass is 10.1. The molecule has 4 nitrogen and oxygen atoms in total. The van der Waals surface area contributed by atoms with Crippen molar-refractivity contribution in [1.82, 2.24) is 14.6 Å².